The summed E-state index contributed by atoms with van der Waals surface area (Å²) in [5.74, 6) is 2.16. The smallest absolute Gasteiger partial charge is 0.191 e. The maximum atomic E-state index is 4.34. The van der Waals surface area contributed by atoms with Crippen LogP contribution in [0.4, 0.5) is 5.69 Å². The van der Waals surface area contributed by atoms with Crippen molar-refractivity contribution in [2.75, 3.05) is 43.6 Å². The van der Waals surface area contributed by atoms with Crippen LogP contribution in [-0.4, -0.2) is 50.7 Å². The van der Waals surface area contributed by atoms with E-state index >= 15 is 0 Å². The van der Waals surface area contributed by atoms with Gasteiger partial charge in [0.2, 0.25) is 0 Å². The Kier molecular flexibility index (Phi) is 11.2. The molecule has 1 aliphatic heterocycles. The average Bonchev–Trinajstić information content (AvgIpc) is 3.02. The van der Waals surface area contributed by atoms with Gasteiger partial charge in [-0.05, 0) is 55.5 Å². The lowest BCUT2D eigenvalue weighted by Gasteiger charge is -2.20. The Hall–Kier alpha value is -0.150. The molecule has 0 bridgehead atoms. The van der Waals surface area contributed by atoms with E-state index in [-0.39, 0.29) is 24.0 Å². The van der Waals surface area contributed by atoms with Gasteiger partial charge in [0.15, 0.2) is 5.96 Å². The molecule has 1 heterocycles. The highest BCUT2D eigenvalue weighted by Crippen LogP contribution is 2.22. The number of rotatable bonds is 7. The number of anilines is 1. The number of guanidine groups is 1. The molecule has 2 N–H and O–H groups in total. The van der Waals surface area contributed by atoms with Gasteiger partial charge in [0.25, 0.3) is 0 Å². The predicted molar refractivity (Wildman–Crippen MR) is 122 cm³/mol. The Morgan fingerprint density at radius 3 is 2.75 bits per heavy atom. The van der Waals surface area contributed by atoms with Crippen LogP contribution in [0.3, 0.4) is 0 Å². The quantitative estimate of drug-likeness (QED) is 0.244. The maximum absolute atomic E-state index is 4.34. The fraction of sp³-hybridized carbons (Fsp3) is 0.588. The van der Waals surface area contributed by atoms with E-state index in [1.54, 1.807) is 0 Å². The van der Waals surface area contributed by atoms with Crippen molar-refractivity contribution >= 4 is 63.3 Å². The number of unbranched alkanes of at least 4 members (excludes halogenated alkanes) is 1. The lowest BCUT2D eigenvalue weighted by molar-refractivity contribution is 0.642. The van der Waals surface area contributed by atoms with E-state index in [2.05, 4.69) is 67.0 Å². The fourth-order valence-corrected chi connectivity index (χ4v) is 3.49. The first kappa shape index (κ1) is 21.9. The fourth-order valence-electron chi connectivity index (χ4n) is 2.73. The van der Waals surface area contributed by atoms with E-state index in [9.17, 15) is 0 Å². The third kappa shape index (κ3) is 7.39. The molecule has 136 valence electrons. The first-order valence-corrected chi connectivity index (χ1v) is 10.4. The highest BCUT2D eigenvalue weighted by atomic mass is 127. The summed E-state index contributed by atoms with van der Waals surface area (Å²) in [7, 11) is 1.85. The van der Waals surface area contributed by atoms with Gasteiger partial charge in [-0.3, -0.25) is 4.99 Å². The third-order valence-electron chi connectivity index (χ3n) is 4.01. The molecule has 1 aliphatic rings. The van der Waals surface area contributed by atoms with Crippen molar-refractivity contribution in [3.63, 3.8) is 0 Å². The summed E-state index contributed by atoms with van der Waals surface area (Å²) in [4.78, 5) is 6.77. The van der Waals surface area contributed by atoms with Crippen molar-refractivity contribution in [3.05, 3.63) is 28.7 Å². The van der Waals surface area contributed by atoms with E-state index in [4.69, 9.17) is 0 Å². The van der Waals surface area contributed by atoms with Gasteiger partial charge in [0.05, 0.1) is 0 Å². The van der Waals surface area contributed by atoms with Crippen LogP contribution in [-0.2, 0) is 0 Å². The lowest BCUT2D eigenvalue weighted by Crippen LogP contribution is -2.44. The van der Waals surface area contributed by atoms with E-state index in [1.807, 2.05) is 18.8 Å². The average molecular weight is 527 g/mol. The van der Waals surface area contributed by atoms with Gasteiger partial charge < -0.3 is 15.5 Å². The van der Waals surface area contributed by atoms with Gasteiger partial charge in [0, 0.05) is 42.9 Å². The first-order chi connectivity index (χ1) is 11.2. The third-order valence-corrected chi connectivity index (χ3v) is 5.24. The molecule has 4 nitrogen and oxygen atoms in total. The van der Waals surface area contributed by atoms with Gasteiger partial charge in [-0.1, -0.05) is 15.9 Å². The molecule has 0 radical (unpaired) electrons. The molecule has 1 atom stereocenters. The Morgan fingerprint density at radius 1 is 1.33 bits per heavy atom. The molecule has 2 rings (SSSR count). The van der Waals surface area contributed by atoms with Crippen molar-refractivity contribution in [2.45, 2.75) is 25.3 Å². The topological polar surface area (TPSA) is 39.7 Å². The second-order valence-corrected chi connectivity index (χ2v) is 7.65. The number of halogens is 2. The number of aliphatic imine (C=N–C) groups is 1. The summed E-state index contributed by atoms with van der Waals surface area (Å²) in [6, 6.07) is 9.00. The SMILES string of the molecule is CN=C(NCCCCSC)NC1CCN(c2ccc(Br)cc2)C1.I. The normalized spacial score (nSPS) is 17.5. The molecule has 1 aromatic rings. The highest BCUT2D eigenvalue weighted by molar-refractivity contribution is 14.0. The van der Waals surface area contributed by atoms with Crippen LogP contribution in [0.25, 0.3) is 0 Å². The van der Waals surface area contributed by atoms with E-state index in [1.165, 1.54) is 24.3 Å². The number of nitrogens with one attached hydrogen (secondary N) is 2. The molecule has 0 aromatic heterocycles. The summed E-state index contributed by atoms with van der Waals surface area (Å²) in [6.45, 7) is 3.10. The first-order valence-electron chi connectivity index (χ1n) is 8.19. The number of hydrogen-bond acceptors (Lipinski definition) is 3. The molecule has 1 unspecified atom stereocenters. The van der Waals surface area contributed by atoms with Crippen LogP contribution < -0.4 is 15.5 Å². The Morgan fingerprint density at radius 2 is 2.08 bits per heavy atom. The van der Waals surface area contributed by atoms with E-state index in [0.29, 0.717) is 6.04 Å². The largest absolute Gasteiger partial charge is 0.369 e. The standard InChI is InChI=1S/C17H27BrN4S.HI/c1-19-17(20-10-3-4-12-23-2)21-15-9-11-22(13-15)16-7-5-14(18)6-8-16;/h5-8,15H,3-4,9-13H2,1-2H3,(H2,19,20,21);1H. The number of hydrogen-bond donors (Lipinski definition) is 2. The van der Waals surface area contributed by atoms with Crippen molar-refractivity contribution in [2.24, 2.45) is 4.99 Å². The van der Waals surface area contributed by atoms with Gasteiger partial charge >= 0.3 is 0 Å². The molecule has 7 heteroatoms. The zero-order valence-electron chi connectivity index (χ0n) is 14.4. The lowest BCUT2D eigenvalue weighted by atomic mass is 10.2. The van der Waals surface area contributed by atoms with Crippen LogP contribution >= 0.6 is 51.7 Å². The summed E-state index contributed by atoms with van der Waals surface area (Å²) < 4.78 is 1.13. The highest BCUT2D eigenvalue weighted by Gasteiger charge is 2.23. The van der Waals surface area contributed by atoms with Crippen molar-refractivity contribution < 1.29 is 0 Å². The van der Waals surface area contributed by atoms with E-state index in [0.717, 1.165) is 36.5 Å². The molecule has 1 saturated heterocycles. The monoisotopic (exact) mass is 526 g/mol. The number of nitrogens with zero attached hydrogens (tertiary/aromatic N) is 2. The molecule has 0 amide bonds. The Bertz CT molecular complexity index is 498. The summed E-state index contributed by atoms with van der Waals surface area (Å²) >= 11 is 5.40. The molecule has 0 aliphatic carbocycles. The molecule has 24 heavy (non-hydrogen) atoms. The van der Waals surface area contributed by atoms with Crippen LogP contribution in [0.1, 0.15) is 19.3 Å². The zero-order valence-corrected chi connectivity index (χ0v) is 19.2. The molecule has 1 aromatic carbocycles. The molecule has 0 spiro atoms. The molecular formula is C17H28BrIN4S. The van der Waals surface area contributed by atoms with Crippen LogP contribution in [0.5, 0.6) is 0 Å². The van der Waals surface area contributed by atoms with Gasteiger partial charge in [-0.2, -0.15) is 11.8 Å². The van der Waals surface area contributed by atoms with E-state index < -0.39 is 0 Å². The number of thioether (sulfide) groups is 1. The second kappa shape index (κ2) is 12.2. The minimum Gasteiger partial charge on any atom is -0.369 e. The zero-order chi connectivity index (χ0) is 16.5. The van der Waals surface area contributed by atoms with Crippen molar-refractivity contribution in [1.82, 2.24) is 10.6 Å². The molecular weight excluding hydrogens is 499 g/mol. The maximum Gasteiger partial charge on any atom is 0.191 e. The Balaban J connectivity index is 0.00000288. The van der Waals surface area contributed by atoms with Gasteiger partial charge in [-0.15, -0.1) is 24.0 Å². The molecule has 1 fully saturated rings. The minimum absolute atomic E-state index is 0. The van der Waals surface area contributed by atoms with Crippen molar-refractivity contribution in [3.8, 4) is 0 Å². The van der Waals surface area contributed by atoms with Gasteiger partial charge in [-0.25, -0.2) is 0 Å². The van der Waals surface area contributed by atoms with Crippen LogP contribution in [0, 0.1) is 0 Å². The Labute approximate surface area is 175 Å². The number of benzene rings is 1. The minimum atomic E-state index is 0. The summed E-state index contributed by atoms with van der Waals surface area (Å²) in [5, 5.41) is 6.97. The van der Waals surface area contributed by atoms with Crippen LogP contribution in [0.15, 0.2) is 33.7 Å². The molecule has 0 saturated carbocycles. The second-order valence-electron chi connectivity index (χ2n) is 5.75. The van der Waals surface area contributed by atoms with Crippen LogP contribution in [0.2, 0.25) is 0 Å². The predicted octanol–water partition coefficient (Wildman–Crippen LogP) is 3.95. The van der Waals surface area contributed by atoms with Gasteiger partial charge in [0.1, 0.15) is 0 Å². The van der Waals surface area contributed by atoms with Crippen molar-refractivity contribution in [1.29, 1.82) is 0 Å². The summed E-state index contributed by atoms with van der Waals surface area (Å²) in [5.41, 5.74) is 1.29. The summed E-state index contributed by atoms with van der Waals surface area (Å²) in [6.07, 6.45) is 5.75.